The van der Waals surface area contributed by atoms with Crippen molar-refractivity contribution in [3.8, 4) is 0 Å². The van der Waals surface area contributed by atoms with Gasteiger partial charge in [0.1, 0.15) is 0 Å². The van der Waals surface area contributed by atoms with Gasteiger partial charge in [0.05, 0.1) is 17.7 Å². The van der Waals surface area contributed by atoms with E-state index in [4.69, 9.17) is 5.21 Å². The highest BCUT2D eigenvalue weighted by Crippen LogP contribution is 2.52. The molecule has 1 aliphatic heterocycles. The molecule has 2 fully saturated rings. The van der Waals surface area contributed by atoms with Gasteiger partial charge in [-0.15, -0.1) is 0 Å². The van der Waals surface area contributed by atoms with Gasteiger partial charge in [0.15, 0.2) is 0 Å². The van der Waals surface area contributed by atoms with Gasteiger partial charge in [-0.2, -0.15) is 0 Å². The van der Waals surface area contributed by atoms with Gasteiger partial charge in [-0.05, 0) is 18.4 Å². The van der Waals surface area contributed by atoms with Gasteiger partial charge in [-0.3, -0.25) is 4.79 Å². The molecule has 1 aliphatic carbocycles. The van der Waals surface area contributed by atoms with E-state index in [0.717, 1.165) is 18.4 Å². The van der Waals surface area contributed by atoms with E-state index in [-0.39, 0.29) is 5.91 Å². The van der Waals surface area contributed by atoms with Crippen molar-refractivity contribution in [2.24, 2.45) is 10.6 Å². The predicted octanol–water partition coefficient (Wildman–Crippen LogP) is 1.64. The Hall–Kier alpha value is -1.84. The number of carbonyl (C=O) groups excluding carboxylic acids is 1. The van der Waals surface area contributed by atoms with Crippen LogP contribution in [0.2, 0.25) is 0 Å². The average molecular weight is 230 g/mol. The summed E-state index contributed by atoms with van der Waals surface area (Å²) in [6.07, 6.45) is 1.66. The molecular weight excluding hydrogens is 216 g/mol. The molecule has 3 rings (SSSR count). The van der Waals surface area contributed by atoms with E-state index in [1.807, 2.05) is 30.3 Å². The Morgan fingerprint density at radius 1 is 1.29 bits per heavy atom. The molecule has 1 N–H and O–H groups in total. The van der Waals surface area contributed by atoms with Gasteiger partial charge in [0, 0.05) is 6.54 Å². The van der Waals surface area contributed by atoms with Crippen LogP contribution in [0.15, 0.2) is 35.5 Å². The lowest BCUT2D eigenvalue weighted by atomic mass is 10.0. The van der Waals surface area contributed by atoms with Crippen LogP contribution in [0.1, 0.15) is 18.4 Å². The molecule has 1 amide bonds. The summed E-state index contributed by atoms with van der Waals surface area (Å²) in [5, 5.41) is 12.3. The van der Waals surface area contributed by atoms with E-state index >= 15 is 0 Å². The summed E-state index contributed by atoms with van der Waals surface area (Å²) in [6, 6.07) is 9.88. The molecule has 0 radical (unpaired) electrons. The highest BCUT2D eigenvalue weighted by atomic mass is 16.4. The van der Waals surface area contributed by atoms with Crippen LogP contribution in [-0.2, 0) is 11.3 Å². The third-order valence-electron chi connectivity index (χ3n) is 3.68. The van der Waals surface area contributed by atoms with Gasteiger partial charge in [0.25, 0.3) is 0 Å². The number of likely N-dealkylation sites (tertiary alicyclic amines) is 1. The minimum Gasteiger partial charge on any atom is -0.411 e. The normalized spacial score (nSPS) is 23.6. The number of hydrogen-bond donors (Lipinski definition) is 1. The molecule has 1 saturated carbocycles. The number of carbonyl (C=O) groups is 1. The van der Waals surface area contributed by atoms with Crippen LogP contribution in [0.25, 0.3) is 0 Å². The molecule has 0 bridgehead atoms. The molecule has 1 saturated heterocycles. The van der Waals surface area contributed by atoms with Crippen LogP contribution in [0.4, 0.5) is 0 Å². The van der Waals surface area contributed by atoms with E-state index in [1.165, 1.54) is 0 Å². The van der Waals surface area contributed by atoms with Crippen LogP contribution in [0.3, 0.4) is 0 Å². The fourth-order valence-corrected chi connectivity index (χ4v) is 2.52. The van der Waals surface area contributed by atoms with Crippen LogP contribution < -0.4 is 0 Å². The SMILES string of the molecule is O=C1N(Cc2ccccc2)CC(=NO)C12CC2. The molecule has 88 valence electrons. The second-order valence-electron chi connectivity index (χ2n) is 4.78. The van der Waals surface area contributed by atoms with Crippen molar-refractivity contribution >= 4 is 11.6 Å². The summed E-state index contributed by atoms with van der Waals surface area (Å²) in [5.41, 5.74) is 1.30. The Morgan fingerprint density at radius 2 is 2.00 bits per heavy atom. The second-order valence-corrected chi connectivity index (χ2v) is 4.78. The van der Waals surface area contributed by atoms with E-state index in [2.05, 4.69) is 5.16 Å². The standard InChI is InChI=1S/C13H14N2O2/c16-12-13(6-7-13)11(14-17)9-15(12)8-10-4-2-1-3-5-10/h1-5,17H,6-9H2. The average Bonchev–Trinajstić information content (AvgIpc) is 3.11. The largest absolute Gasteiger partial charge is 0.411 e. The Kier molecular flexibility index (Phi) is 2.18. The Labute approximate surface area is 99.5 Å². The maximum Gasteiger partial charge on any atom is 0.235 e. The van der Waals surface area contributed by atoms with Crippen LogP contribution in [0.5, 0.6) is 0 Å². The first-order valence-corrected chi connectivity index (χ1v) is 5.81. The zero-order valence-corrected chi connectivity index (χ0v) is 9.47. The molecule has 4 nitrogen and oxygen atoms in total. The summed E-state index contributed by atoms with van der Waals surface area (Å²) < 4.78 is 0. The number of rotatable bonds is 2. The first-order valence-electron chi connectivity index (χ1n) is 5.81. The van der Waals surface area contributed by atoms with E-state index < -0.39 is 5.41 Å². The van der Waals surface area contributed by atoms with Crippen molar-refractivity contribution in [3.05, 3.63) is 35.9 Å². The molecule has 0 aromatic heterocycles. The molecule has 17 heavy (non-hydrogen) atoms. The second kappa shape index (κ2) is 3.58. The summed E-state index contributed by atoms with van der Waals surface area (Å²) in [7, 11) is 0. The van der Waals surface area contributed by atoms with Crippen molar-refractivity contribution in [2.75, 3.05) is 6.54 Å². The van der Waals surface area contributed by atoms with Gasteiger partial charge in [-0.25, -0.2) is 0 Å². The minimum absolute atomic E-state index is 0.120. The fraction of sp³-hybridized carbons (Fsp3) is 0.385. The summed E-state index contributed by atoms with van der Waals surface area (Å²) in [6.45, 7) is 1.06. The molecule has 0 unspecified atom stereocenters. The summed E-state index contributed by atoms with van der Waals surface area (Å²) >= 11 is 0. The Morgan fingerprint density at radius 3 is 2.53 bits per heavy atom. The minimum atomic E-state index is -0.441. The predicted molar refractivity (Wildman–Crippen MR) is 62.7 cm³/mol. The maximum absolute atomic E-state index is 12.2. The molecule has 4 heteroatoms. The molecule has 1 aromatic rings. The van der Waals surface area contributed by atoms with Crippen LogP contribution in [0, 0.1) is 5.41 Å². The summed E-state index contributed by atoms with van der Waals surface area (Å²) in [5.74, 6) is 0.120. The number of amides is 1. The third kappa shape index (κ3) is 1.52. The van der Waals surface area contributed by atoms with Crippen molar-refractivity contribution in [1.29, 1.82) is 0 Å². The number of benzene rings is 1. The monoisotopic (exact) mass is 230 g/mol. The quantitative estimate of drug-likeness (QED) is 0.620. The van der Waals surface area contributed by atoms with Gasteiger partial charge in [-0.1, -0.05) is 35.5 Å². The summed E-state index contributed by atoms with van der Waals surface area (Å²) in [4.78, 5) is 14.0. The van der Waals surface area contributed by atoms with Gasteiger partial charge < -0.3 is 10.1 Å². The number of nitrogens with zero attached hydrogens (tertiary/aromatic N) is 2. The lowest BCUT2D eigenvalue weighted by Crippen LogP contribution is -2.27. The first kappa shape index (κ1) is 10.3. The Balaban J connectivity index is 1.80. The van der Waals surface area contributed by atoms with Crippen molar-refractivity contribution in [3.63, 3.8) is 0 Å². The zero-order chi connectivity index (χ0) is 11.9. The van der Waals surface area contributed by atoms with Crippen molar-refractivity contribution < 1.29 is 10.0 Å². The molecule has 0 atom stereocenters. The fourth-order valence-electron chi connectivity index (χ4n) is 2.52. The zero-order valence-electron chi connectivity index (χ0n) is 9.47. The van der Waals surface area contributed by atoms with E-state index in [9.17, 15) is 4.79 Å². The Bertz CT molecular complexity index is 477. The molecule has 2 aliphatic rings. The highest BCUT2D eigenvalue weighted by molar-refractivity contribution is 6.17. The molecular formula is C13H14N2O2. The van der Waals surface area contributed by atoms with Gasteiger partial charge in [0.2, 0.25) is 5.91 Å². The topological polar surface area (TPSA) is 52.9 Å². The highest BCUT2D eigenvalue weighted by Gasteiger charge is 2.60. The van der Waals surface area contributed by atoms with Gasteiger partial charge >= 0.3 is 0 Å². The van der Waals surface area contributed by atoms with E-state index in [0.29, 0.717) is 18.8 Å². The maximum atomic E-state index is 12.2. The van der Waals surface area contributed by atoms with E-state index in [1.54, 1.807) is 4.90 Å². The molecule has 1 aromatic carbocycles. The lowest BCUT2D eigenvalue weighted by molar-refractivity contribution is -0.132. The number of oxime groups is 1. The molecule has 1 spiro atoms. The van der Waals surface area contributed by atoms with Crippen molar-refractivity contribution in [1.82, 2.24) is 4.90 Å². The third-order valence-corrected chi connectivity index (χ3v) is 3.68. The van der Waals surface area contributed by atoms with Crippen LogP contribution in [-0.4, -0.2) is 28.3 Å². The smallest absolute Gasteiger partial charge is 0.235 e. The number of hydrogen-bond acceptors (Lipinski definition) is 3. The van der Waals surface area contributed by atoms with Crippen LogP contribution >= 0.6 is 0 Å². The van der Waals surface area contributed by atoms with Crippen molar-refractivity contribution in [2.45, 2.75) is 19.4 Å². The molecule has 1 heterocycles. The lowest BCUT2D eigenvalue weighted by Gasteiger charge is -2.15. The first-order chi connectivity index (χ1) is 8.26.